The van der Waals surface area contributed by atoms with E-state index in [9.17, 15) is 14.4 Å². The maximum Gasteiger partial charge on any atom is 0.317 e. The van der Waals surface area contributed by atoms with E-state index < -0.39 is 23.8 Å². The van der Waals surface area contributed by atoms with E-state index in [0.717, 1.165) is 50.2 Å². The average Bonchev–Trinajstić information content (AvgIpc) is 2.71. The molecule has 0 saturated heterocycles. The van der Waals surface area contributed by atoms with E-state index in [1.807, 2.05) is 0 Å². The molecule has 2 atom stereocenters. The summed E-state index contributed by atoms with van der Waals surface area (Å²) >= 11 is 0. The molecule has 0 aromatic rings. The summed E-state index contributed by atoms with van der Waals surface area (Å²) in [5.74, 6) is -0.494. The van der Waals surface area contributed by atoms with Crippen LogP contribution in [0.15, 0.2) is 0 Å². The molecule has 0 aliphatic heterocycles. The molecule has 0 aromatic heterocycles. The second-order valence-corrected chi connectivity index (χ2v) is 10.5. The number of unbranched alkanes of at least 4 members (excludes halogenated alkanes) is 2. The quantitative estimate of drug-likeness (QED) is 0.216. The van der Waals surface area contributed by atoms with Gasteiger partial charge in [-0.2, -0.15) is 0 Å². The Morgan fingerprint density at radius 3 is 1.94 bits per heavy atom. The van der Waals surface area contributed by atoms with Gasteiger partial charge < -0.3 is 14.2 Å². The molecule has 0 amide bonds. The predicted molar refractivity (Wildman–Crippen MR) is 121 cm³/mol. The third-order valence-corrected chi connectivity index (χ3v) is 7.85. The Hall–Kier alpha value is -1.43. The first-order chi connectivity index (χ1) is 15.4. The van der Waals surface area contributed by atoms with Crippen LogP contribution in [0.3, 0.4) is 0 Å². The van der Waals surface area contributed by atoms with E-state index in [4.69, 9.17) is 14.2 Å². The van der Waals surface area contributed by atoms with Crippen LogP contribution in [0.5, 0.6) is 0 Å². The fourth-order valence-corrected chi connectivity index (χ4v) is 7.02. The molecule has 4 aliphatic rings. The Morgan fingerprint density at radius 1 is 0.844 bits per heavy atom. The van der Waals surface area contributed by atoms with Crippen molar-refractivity contribution in [3.05, 3.63) is 0 Å². The number of rotatable bonds is 14. The minimum atomic E-state index is -1.08. The zero-order valence-corrected chi connectivity index (χ0v) is 20.2. The van der Waals surface area contributed by atoms with Gasteiger partial charge in [-0.15, -0.1) is 0 Å². The van der Waals surface area contributed by atoms with Crippen molar-refractivity contribution in [2.75, 3.05) is 26.4 Å². The molecule has 0 spiro atoms. The Labute approximate surface area is 193 Å². The van der Waals surface area contributed by atoms with Gasteiger partial charge in [0.2, 0.25) is 0 Å². The van der Waals surface area contributed by atoms with Crippen LogP contribution in [0.25, 0.3) is 0 Å². The molecule has 0 unspecified atom stereocenters. The van der Waals surface area contributed by atoms with Gasteiger partial charge in [0.15, 0.2) is 0 Å². The van der Waals surface area contributed by atoms with Gasteiger partial charge >= 0.3 is 11.9 Å². The molecule has 32 heavy (non-hydrogen) atoms. The van der Waals surface area contributed by atoms with E-state index in [2.05, 4.69) is 0 Å². The zero-order chi connectivity index (χ0) is 23.1. The molecule has 4 saturated carbocycles. The summed E-state index contributed by atoms with van der Waals surface area (Å²) in [6.07, 6.45) is 11.4. The lowest BCUT2D eigenvalue weighted by Crippen LogP contribution is -2.48. The van der Waals surface area contributed by atoms with Crippen LogP contribution >= 0.6 is 0 Å². The highest BCUT2D eigenvalue weighted by Crippen LogP contribution is 2.60. The number of carbonyl (C=O) groups excluding carboxylic acids is 3. The van der Waals surface area contributed by atoms with E-state index in [1.165, 1.54) is 45.4 Å². The molecular formula is C26H42O6. The first-order valence-electron chi connectivity index (χ1n) is 12.8. The fraction of sp³-hybridized carbons (Fsp3) is 0.885. The number of hydrogen-bond acceptors (Lipinski definition) is 6. The molecule has 6 nitrogen and oxygen atoms in total. The van der Waals surface area contributed by atoms with Crippen LogP contribution in [0.2, 0.25) is 0 Å². The lowest BCUT2D eigenvalue weighted by molar-refractivity contribution is -0.163. The zero-order valence-electron chi connectivity index (χ0n) is 20.2. The second-order valence-electron chi connectivity index (χ2n) is 10.5. The Kier molecular flexibility index (Phi) is 9.15. The third kappa shape index (κ3) is 6.33. The maximum atomic E-state index is 12.5. The smallest absolute Gasteiger partial charge is 0.317 e. The van der Waals surface area contributed by atoms with Crippen molar-refractivity contribution in [2.45, 2.75) is 85.0 Å². The highest BCUT2D eigenvalue weighted by Gasteiger charge is 2.50. The van der Waals surface area contributed by atoms with Gasteiger partial charge in [0.05, 0.1) is 25.7 Å². The predicted octanol–water partition coefficient (Wildman–Crippen LogP) is 4.73. The van der Waals surface area contributed by atoms with Crippen molar-refractivity contribution in [3.63, 3.8) is 0 Å². The van der Waals surface area contributed by atoms with Crippen molar-refractivity contribution in [1.29, 1.82) is 0 Å². The van der Waals surface area contributed by atoms with Crippen LogP contribution in [0, 0.1) is 35.0 Å². The molecule has 4 rings (SSSR count). The van der Waals surface area contributed by atoms with E-state index in [0.29, 0.717) is 11.8 Å². The number of Topliss-reactive ketones (excluding diaryl/α,β-unsaturated/α-hetero) is 1. The van der Waals surface area contributed by atoms with Gasteiger partial charge in [-0.3, -0.25) is 14.4 Å². The van der Waals surface area contributed by atoms with Gasteiger partial charge in [0.25, 0.3) is 0 Å². The molecule has 0 radical (unpaired) electrons. The first kappa shape index (κ1) is 25.2. The summed E-state index contributed by atoms with van der Waals surface area (Å²) in [6, 6.07) is 0. The van der Waals surface area contributed by atoms with E-state index in [1.54, 1.807) is 13.8 Å². The van der Waals surface area contributed by atoms with Crippen molar-refractivity contribution in [1.82, 2.24) is 0 Å². The lowest BCUT2D eigenvalue weighted by Gasteiger charge is -2.56. The van der Waals surface area contributed by atoms with Gasteiger partial charge in [-0.1, -0.05) is 12.8 Å². The first-order valence-corrected chi connectivity index (χ1v) is 12.8. The van der Waals surface area contributed by atoms with Crippen LogP contribution in [0.1, 0.15) is 85.0 Å². The van der Waals surface area contributed by atoms with Crippen molar-refractivity contribution < 1.29 is 28.6 Å². The molecule has 4 fully saturated rings. The average molecular weight is 451 g/mol. The second kappa shape index (κ2) is 11.6. The monoisotopic (exact) mass is 450 g/mol. The van der Waals surface area contributed by atoms with Crippen molar-refractivity contribution in [2.24, 2.45) is 35.0 Å². The molecule has 0 N–H and O–H groups in total. The normalized spacial score (nSPS) is 30.0. The summed E-state index contributed by atoms with van der Waals surface area (Å²) < 4.78 is 16.3. The molecule has 4 aliphatic carbocycles. The molecular weight excluding hydrogens is 408 g/mol. The third-order valence-electron chi connectivity index (χ3n) is 7.85. The standard InChI is InChI=1S/C26H42O6/c1-4-31-24(28)22(23(18(3)27)25(29)32-5-2)9-7-6-8-10-30-17-26-14-19-11-20(15-26)13-21(12-19)16-26/h19-23H,4-17H2,1-3H3/t19?,20?,21?,22-,23+,26?/m1/s1. The van der Waals surface area contributed by atoms with E-state index in [-0.39, 0.29) is 19.0 Å². The van der Waals surface area contributed by atoms with E-state index >= 15 is 0 Å². The SMILES string of the molecule is CCOC(=O)[C@@H](C(C)=O)[C@@H](CCCCCOCC12CC3CC(CC(C3)C1)C2)C(=O)OCC. The molecule has 6 heteroatoms. The topological polar surface area (TPSA) is 78.9 Å². The Morgan fingerprint density at radius 2 is 1.41 bits per heavy atom. The molecule has 182 valence electrons. The van der Waals surface area contributed by atoms with Crippen LogP contribution in [-0.2, 0) is 28.6 Å². The number of ketones is 1. The molecule has 0 aromatic carbocycles. The van der Waals surface area contributed by atoms with Crippen molar-refractivity contribution >= 4 is 17.7 Å². The van der Waals surface area contributed by atoms with Crippen molar-refractivity contribution in [3.8, 4) is 0 Å². The Bertz CT molecular complexity index is 621. The maximum absolute atomic E-state index is 12.5. The largest absolute Gasteiger partial charge is 0.466 e. The minimum Gasteiger partial charge on any atom is -0.466 e. The summed E-state index contributed by atoms with van der Waals surface area (Å²) in [4.78, 5) is 36.9. The van der Waals surface area contributed by atoms with Crippen LogP contribution < -0.4 is 0 Å². The molecule has 4 bridgehead atoms. The highest BCUT2D eigenvalue weighted by atomic mass is 16.5. The number of ether oxygens (including phenoxy) is 3. The van der Waals surface area contributed by atoms with Gasteiger partial charge in [0.1, 0.15) is 11.7 Å². The number of hydrogen-bond donors (Lipinski definition) is 0. The summed E-state index contributed by atoms with van der Waals surface area (Å²) in [6.45, 7) is 6.80. The van der Waals surface area contributed by atoms with Gasteiger partial charge in [-0.05, 0) is 95.3 Å². The summed E-state index contributed by atoms with van der Waals surface area (Å²) in [5, 5.41) is 0. The molecule has 0 heterocycles. The van der Waals surface area contributed by atoms with Gasteiger partial charge in [0, 0.05) is 6.61 Å². The number of carbonyl (C=O) groups is 3. The number of esters is 2. The Balaban J connectivity index is 1.40. The lowest BCUT2D eigenvalue weighted by atomic mass is 9.50. The van der Waals surface area contributed by atoms with Crippen LogP contribution in [-0.4, -0.2) is 44.1 Å². The fourth-order valence-electron chi connectivity index (χ4n) is 7.02. The summed E-state index contributed by atoms with van der Waals surface area (Å²) in [7, 11) is 0. The summed E-state index contributed by atoms with van der Waals surface area (Å²) in [5.41, 5.74) is 0.443. The van der Waals surface area contributed by atoms with Crippen LogP contribution in [0.4, 0.5) is 0 Å². The minimum absolute atomic E-state index is 0.180. The highest BCUT2D eigenvalue weighted by molar-refractivity contribution is 6.01. The van der Waals surface area contributed by atoms with Gasteiger partial charge in [-0.25, -0.2) is 0 Å².